The fraction of sp³-hybridized carbons (Fsp3) is 0.167. The van der Waals surface area contributed by atoms with Crippen LogP contribution in [0.4, 0.5) is 16.2 Å². The first kappa shape index (κ1) is 17.8. The number of nitrogens with one attached hydrogen (secondary N) is 1. The van der Waals surface area contributed by atoms with Crippen molar-refractivity contribution in [2.45, 2.75) is 13.5 Å². The summed E-state index contributed by atoms with van der Waals surface area (Å²) in [5.74, 6) is 5.48. The molecule has 0 aliphatic rings. The number of benzene rings is 2. The highest BCUT2D eigenvalue weighted by molar-refractivity contribution is 5.68. The summed E-state index contributed by atoms with van der Waals surface area (Å²) in [5.41, 5.74) is 7.52. The first-order valence-corrected chi connectivity index (χ1v) is 7.45. The fourth-order valence-electron chi connectivity index (χ4n) is 2.04. The fourth-order valence-corrected chi connectivity index (χ4v) is 2.04. The van der Waals surface area contributed by atoms with E-state index in [1.807, 2.05) is 30.3 Å². The normalized spacial score (nSPS) is 9.64. The lowest BCUT2D eigenvalue weighted by Gasteiger charge is -2.04. The number of anilines is 1. The van der Waals surface area contributed by atoms with E-state index in [0.717, 1.165) is 5.56 Å². The standard InChI is InChI=1S/C18H17N3O4/c1-13-10-15(11-16(17(13)19)21(23)24)8-5-9-20-18(22)25-12-14-6-3-2-4-7-14/h2-4,6-7,10-11H,9,12,19H2,1H3,(H,20,22). The highest BCUT2D eigenvalue weighted by atomic mass is 16.6. The Balaban J connectivity index is 1.88. The van der Waals surface area contributed by atoms with Crippen molar-refractivity contribution in [3.05, 3.63) is 69.3 Å². The maximum absolute atomic E-state index is 11.6. The number of amides is 1. The van der Waals surface area contributed by atoms with Gasteiger partial charge in [-0.3, -0.25) is 10.1 Å². The second kappa shape index (κ2) is 8.36. The van der Waals surface area contributed by atoms with Gasteiger partial charge < -0.3 is 15.8 Å². The molecule has 0 aromatic heterocycles. The zero-order valence-electron chi connectivity index (χ0n) is 13.6. The van der Waals surface area contributed by atoms with Crippen molar-refractivity contribution < 1.29 is 14.5 Å². The molecule has 2 aromatic rings. The molecule has 7 heteroatoms. The molecule has 0 unspecified atom stereocenters. The molecule has 3 N–H and O–H groups in total. The van der Waals surface area contributed by atoms with Crippen LogP contribution in [0, 0.1) is 28.9 Å². The quantitative estimate of drug-likeness (QED) is 0.385. The smallest absolute Gasteiger partial charge is 0.408 e. The van der Waals surface area contributed by atoms with E-state index >= 15 is 0 Å². The molecule has 0 aliphatic carbocycles. The summed E-state index contributed by atoms with van der Waals surface area (Å²) in [4.78, 5) is 22.0. The minimum Gasteiger partial charge on any atom is -0.445 e. The molecule has 2 aromatic carbocycles. The Bertz CT molecular complexity index is 839. The maximum Gasteiger partial charge on any atom is 0.408 e. The molecule has 0 saturated carbocycles. The lowest BCUT2D eigenvalue weighted by molar-refractivity contribution is -0.383. The van der Waals surface area contributed by atoms with Crippen LogP contribution in [-0.4, -0.2) is 17.6 Å². The Hall–Kier alpha value is -3.53. The number of nitrogen functional groups attached to an aromatic ring is 1. The third-order valence-electron chi connectivity index (χ3n) is 3.33. The molecule has 128 valence electrons. The Morgan fingerprint density at radius 2 is 2.04 bits per heavy atom. The minimum atomic E-state index is -0.586. The maximum atomic E-state index is 11.6. The largest absolute Gasteiger partial charge is 0.445 e. The van der Waals surface area contributed by atoms with Gasteiger partial charge in [0.2, 0.25) is 0 Å². The Labute approximate surface area is 144 Å². The van der Waals surface area contributed by atoms with Gasteiger partial charge in [0.1, 0.15) is 12.3 Å². The van der Waals surface area contributed by atoms with Crippen LogP contribution in [0.3, 0.4) is 0 Å². The van der Waals surface area contributed by atoms with Crippen molar-refractivity contribution in [1.82, 2.24) is 5.32 Å². The van der Waals surface area contributed by atoms with Gasteiger partial charge in [-0.1, -0.05) is 42.2 Å². The Kier molecular flexibility index (Phi) is 5.96. The van der Waals surface area contributed by atoms with Crippen LogP contribution >= 0.6 is 0 Å². The van der Waals surface area contributed by atoms with Crippen LogP contribution < -0.4 is 11.1 Å². The highest BCUT2D eigenvalue weighted by Crippen LogP contribution is 2.26. The summed E-state index contributed by atoms with van der Waals surface area (Å²) in [7, 11) is 0. The Morgan fingerprint density at radius 1 is 1.32 bits per heavy atom. The summed E-state index contributed by atoms with van der Waals surface area (Å²) >= 11 is 0. The molecule has 0 spiro atoms. The van der Waals surface area contributed by atoms with Crippen molar-refractivity contribution in [3.8, 4) is 11.8 Å². The van der Waals surface area contributed by atoms with Gasteiger partial charge in [-0.2, -0.15) is 0 Å². The molecule has 0 fully saturated rings. The van der Waals surface area contributed by atoms with Crippen molar-refractivity contribution in [2.24, 2.45) is 0 Å². The lowest BCUT2D eigenvalue weighted by Crippen LogP contribution is -2.24. The molecule has 0 heterocycles. The van der Waals surface area contributed by atoms with E-state index in [0.29, 0.717) is 11.1 Å². The summed E-state index contributed by atoms with van der Waals surface area (Å²) < 4.78 is 5.04. The first-order chi connectivity index (χ1) is 12.0. The van der Waals surface area contributed by atoms with Gasteiger partial charge in [0.25, 0.3) is 5.69 Å². The van der Waals surface area contributed by atoms with Gasteiger partial charge in [0, 0.05) is 11.6 Å². The average molecular weight is 339 g/mol. The van der Waals surface area contributed by atoms with E-state index in [1.54, 1.807) is 13.0 Å². The molecule has 1 amide bonds. The number of carbonyl (C=O) groups excluding carboxylic acids is 1. The van der Waals surface area contributed by atoms with Gasteiger partial charge in [-0.05, 0) is 24.1 Å². The number of hydrogen-bond donors (Lipinski definition) is 2. The van der Waals surface area contributed by atoms with Crippen molar-refractivity contribution in [2.75, 3.05) is 12.3 Å². The summed E-state index contributed by atoms with van der Waals surface area (Å²) in [6, 6.07) is 12.3. The van der Waals surface area contributed by atoms with E-state index in [9.17, 15) is 14.9 Å². The van der Waals surface area contributed by atoms with Crippen molar-refractivity contribution in [1.29, 1.82) is 0 Å². The summed E-state index contributed by atoms with van der Waals surface area (Å²) in [6.45, 7) is 1.90. The second-order valence-electron chi connectivity index (χ2n) is 5.20. The number of nitrogens with zero attached hydrogens (tertiary/aromatic N) is 1. The zero-order valence-corrected chi connectivity index (χ0v) is 13.6. The molecule has 0 atom stereocenters. The molecule has 0 aliphatic heterocycles. The van der Waals surface area contributed by atoms with E-state index in [1.165, 1.54) is 6.07 Å². The minimum absolute atomic E-state index is 0.0604. The summed E-state index contributed by atoms with van der Waals surface area (Å²) in [6.07, 6.45) is -0.586. The van der Waals surface area contributed by atoms with E-state index in [-0.39, 0.29) is 24.5 Å². The number of alkyl carbamates (subject to hydrolysis) is 1. The monoisotopic (exact) mass is 339 g/mol. The van der Waals surface area contributed by atoms with Crippen LogP contribution in [0.25, 0.3) is 0 Å². The average Bonchev–Trinajstić information content (AvgIpc) is 2.60. The van der Waals surface area contributed by atoms with Crippen LogP contribution in [0.2, 0.25) is 0 Å². The number of ether oxygens (including phenoxy) is 1. The third-order valence-corrected chi connectivity index (χ3v) is 3.33. The number of rotatable bonds is 4. The van der Waals surface area contributed by atoms with Gasteiger partial charge in [0.05, 0.1) is 11.5 Å². The molecule has 0 bridgehead atoms. The number of aryl methyl sites for hydroxylation is 1. The lowest BCUT2D eigenvalue weighted by atomic mass is 10.1. The number of nitro groups is 1. The number of nitrogens with two attached hydrogens (primary N) is 1. The van der Waals surface area contributed by atoms with Crippen molar-refractivity contribution in [3.63, 3.8) is 0 Å². The predicted molar refractivity (Wildman–Crippen MR) is 93.8 cm³/mol. The number of carbonyl (C=O) groups is 1. The van der Waals surface area contributed by atoms with Gasteiger partial charge in [0.15, 0.2) is 0 Å². The zero-order chi connectivity index (χ0) is 18.2. The molecule has 0 radical (unpaired) electrons. The predicted octanol–water partition coefficient (Wildman–Crippen LogP) is 2.76. The van der Waals surface area contributed by atoms with Gasteiger partial charge in [-0.25, -0.2) is 4.79 Å². The van der Waals surface area contributed by atoms with Crippen LogP contribution in [-0.2, 0) is 11.3 Å². The molecule has 25 heavy (non-hydrogen) atoms. The third kappa shape index (κ3) is 5.25. The second-order valence-corrected chi connectivity index (χ2v) is 5.20. The van der Waals surface area contributed by atoms with E-state index < -0.39 is 11.0 Å². The Morgan fingerprint density at radius 3 is 2.72 bits per heavy atom. The topological polar surface area (TPSA) is 107 Å². The SMILES string of the molecule is Cc1cc(C#CCNC(=O)OCc2ccccc2)cc([N+](=O)[O-])c1N. The summed E-state index contributed by atoms with van der Waals surface area (Å²) in [5, 5.41) is 13.4. The number of hydrogen-bond acceptors (Lipinski definition) is 5. The first-order valence-electron chi connectivity index (χ1n) is 7.45. The molecule has 0 saturated heterocycles. The highest BCUT2D eigenvalue weighted by Gasteiger charge is 2.14. The van der Waals surface area contributed by atoms with E-state index in [2.05, 4.69) is 17.2 Å². The van der Waals surface area contributed by atoms with E-state index in [4.69, 9.17) is 10.5 Å². The van der Waals surface area contributed by atoms with Crippen LogP contribution in [0.1, 0.15) is 16.7 Å². The van der Waals surface area contributed by atoms with Gasteiger partial charge in [-0.15, -0.1) is 0 Å². The van der Waals surface area contributed by atoms with Crippen LogP contribution in [0.15, 0.2) is 42.5 Å². The van der Waals surface area contributed by atoms with Crippen molar-refractivity contribution >= 4 is 17.5 Å². The molecular formula is C18H17N3O4. The molecule has 7 nitrogen and oxygen atoms in total. The molecular weight excluding hydrogens is 322 g/mol. The van der Waals surface area contributed by atoms with Gasteiger partial charge >= 0.3 is 6.09 Å². The van der Waals surface area contributed by atoms with Crippen LogP contribution in [0.5, 0.6) is 0 Å². The molecule has 2 rings (SSSR count). The number of nitro benzene ring substituents is 1.